The molecule has 1 saturated heterocycles. The van der Waals surface area contributed by atoms with Crippen LogP contribution in [0.2, 0.25) is 0 Å². The zero-order valence-corrected chi connectivity index (χ0v) is 26.0. The van der Waals surface area contributed by atoms with Crippen LogP contribution in [-0.4, -0.2) is 81.6 Å². The van der Waals surface area contributed by atoms with Gasteiger partial charge in [-0.3, -0.25) is 23.7 Å². The highest BCUT2D eigenvalue weighted by molar-refractivity contribution is 6.00. The van der Waals surface area contributed by atoms with E-state index in [0.717, 1.165) is 17.7 Å². The maximum absolute atomic E-state index is 14.1. The number of carbonyl (C=O) groups excluding carboxylic acids is 3. The number of pyridine rings is 1. The first-order chi connectivity index (χ1) is 21.7. The van der Waals surface area contributed by atoms with Gasteiger partial charge in [0.05, 0.1) is 19.6 Å². The zero-order valence-electron chi connectivity index (χ0n) is 26.0. The highest BCUT2D eigenvalue weighted by Gasteiger charge is 2.43. The molecule has 0 bridgehead atoms. The summed E-state index contributed by atoms with van der Waals surface area (Å²) in [5.41, 5.74) is 0.896. The summed E-state index contributed by atoms with van der Waals surface area (Å²) < 4.78 is 53.2. The average molecular weight is 645 g/mol. The number of aryl methyl sites for hydroxylation is 1. The highest BCUT2D eigenvalue weighted by atomic mass is 19.4. The number of hydrogen-bond acceptors (Lipinski definition) is 7. The number of benzene rings is 2. The molecule has 1 N–H and O–H groups in total. The Labute approximate surface area is 263 Å². The van der Waals surface area contributed by atoms with Crippen LogP contribution >= 0.6 is 0 Å². The van der Waals surface area contributed by atoms with Crippen LogP contribution in [0.3, 0.4) is 0 Å². The largest absolute Gasteiger partial charge is 0.573 e. The fraction of sp³-hybridized carbons (Fsp3) is 0.375. The van der Waals surface area contributed by atoms with Gasteiger partial charge in [-0.2, -0.15) is 0 Å². The van der Waals surface area contributed by atoms with Crippen molar-refractivity contribution in [2.75, 3.05) is 52.9 Å². The van der Waals surface area contributed by atoms with Crippen molar-refractivity contribution in [3.8, 4) is 11.5 Å². The lowest BCUT2D eigenvalue weighted by atomic mass is 9.88. The van der Waals surface area contributed by atoms with Crippen molar-refractivity contribution in [1.29, 1.82) is 0 Å². The molecule has 246 valence electrons. The molecule has 1 aliphatic heterocycles. The second kappa shape index (κ2) is 14.1. The number of ether oxygens (including phenoxy) is 3. The van der Waals surface area contributed by atoms with Crippen LogP contribution in [0.5, 0.6) is 11.5 Å². The topological polar surface area (TPSA) is 119 Å². The van der Waals surface area contributed by atoms with E-state index in [9.17, 15) is 32.3 Å². The molecule has 2 unspecified atom stereocenters. The van der Waals surface area contributed by atoms with E-state index in [1.165, 1.54) is 46.9 Å². The summed E-state index contributed by atoms with van der Waals surface area (Å²) in [5, 5.41) is 2.71. The number of likely N-dealkylation sites (N-methyl/N-ethyl adjacent to an activating group) is 1. The van der Waals surface area contributed by atoms with Crippen molar-refractivity contribution >= 4 is 23.4 Å². The minimum absolute atomic E-state index is 0.0642. The number of rotatable bonds is 11. The first-order valence-corrected chi connectivity index (χ1v) is 14.3. The molecule has 1 fully saturated rings. The van der Waals surface area contributed by atoms with Crippen molar-refractivity contribution < 1.29 is 41.8 Å². The monoisotopic (exact) mass is 644 g/mol. The lowest BCUT2D eigenvalue weighted by Gasteiger charge is -2.25. The quantitative estimate of drug-likeness (QED) is 0.339. The third-order valence-corrected chi connectivity index (χ3v) is 7.78. The molecule has 1 aromatic heterocycles. The predicted octanol–water partition coefficient (Wildman–Crippen LogP) is 3.52. The van der Waals surface area contributed by atoms with Crippen molar-refractivity contribution in [3.63, 3.8) is 0 Å². The fourth-order valence-corrected chi connectivity index (χ4v) is 5.45. The Morgan fingerprint density at radius 2 is 1.63 bits per heavy atom. The van der Waals surface area contributed by atoms with Gasteiger partial charge in [0, 0.05) is 52.0 Å². The van der Waals surface area contributed by atoms with E-state index in [4.69, 9.17) is 9.47 Å². The fourth-order valence-electron chi connectivity index (χ4n) is 5.45. The molecule has 3 atom stereocenters. The molecule has 2 aromatic carbocycles. The number of anilines is 1. The summed E-state index contributed by atoms with van der Waals surface area (Å²) in [4.78, 5) is 56.7. The lowest BCUT2D eigenvalue weighted by molar-refractivity contribution is -0.274. The Morgan fingerprint density at radius 1 is 1.00 bits per heavy atom. The van der Waals surface area contributed by atoms with E-state index in [-0.39, 0.29) is 36.9 Å². The van der Waals surface area contributed by atoms with Gasteiger partial charge >= 0.3 is 6.36 Å². The molecule has 2 heterocycles. The van der Waals surface area contributed by atoms with Crippen molar-refractivity contribution in [1.82, 2.24) is 14.8 Å². The maximum Gasteiger partial charge on any atom is 0.573 e. The van der Waals surface area contributed by atoms with Gasteiger partial charge in [-0.15, -0.1) is 13.2 Å². The number of nitrogens with zero attached hydrogens (tertiary/aromatic N) is 3. The summed E-state index contributed by atoms with van der Waals surface area (Å²) in [5.74, 6) is -2.54. The number of halogens is 3. The van der Waals surface area contributed by atoms with Gasteiger partial charge in [-0.05, 0) is 60.5 Å². The van der Waals surface area contributed by atoms with Gasteiger partial charge in [0.1, 0.15) is 23.2 Å². The SMILES string of the molecule is COCC(C(=O)N(C)C)n1ccc(C)c(N2C[C@@H](c3ccc(OC)cc3)C(CNC(=O)c3ccc(OC(F)(F)F)cc3)C2=O)c1=O. The number of carbonyl (C=O) groups is 3. The molecule has 14 heteroatoms. The van der Waals surface area contributed by atoms with Crippen molar-refractivity contribution in [2.24, 2.45) is 5.92 Å². The van der Waals surface area contributed by atoms with Gasteiger partial charge in [0.2, 0.25) is 11.8 Å². The van der Waals surface area contributed by atoms with Crippen LogP contribution in [-0.2, 0) is 14.3 Å². The summed E-state index contributed by atoms with van der Waals surface area (Å²) >= 11 is 0. The highest BCUT2D eigenvalue weighted by Crippen LogP contribution is 2.37. The van der Waals surface area contributed by atoms with Gasteiger partial charge in [0.15, 0.2) is 0 Å². The Hall–Kier alpha value is -4.85. The van der Waals surface area contributed by atoms with Crippen molar-refractivity contribution in [2.45, 2.75) is 25.2 Å². The number of alkyl halides is 3. The van der Waals surface area contributed by atoms with Gasteiger partial charge in [-0.25, -0.2) is 0 Å². The minimum Gasteiger partial charge on any atom is -0.497 e. The summed E-state index contributed by atoms with van der Waals surface area (Å²) in [6.07, 6.45) is -3.38. The van der Waals surface area contributed by atoms with E-state index < -0.39 is 47.4 Å². The van der Waals surface area contributed by atoms with Gasteiger partial charge in [-0.1, -0.05) is 12.1 Å². The van der Waals surface area contributed by atoms with Crippen LogP contribution < -0.4 is 25.2 Å². The third kappa shape index (κ3) is 7.50. The summed E-state index contributed by atoms with van der Waals surface area (Å²) in [7, 11) is 6.08. The summed E-state index contributed by atoms with van der Waals surface area (Å²) in [6.45, 7) is 1.60. The van der Waals surface area contributed by atoms with E-state index in [2.05, 4.69) is 10.1 Å². The van der Waals surface area contributed by atoms with Crippen LogP contribution in [0, 0.1) is 12.8 Å². The Bertz CT molecular complexity index is 1620. The number of nitrogens with one attached hydrogen (secondary N) is 1. The molecule has 0 radical (unpaired) electrons. The number of aromatic nitrogens is 1. The minimum atomic E-state index is -4.87. The predicted molar refractivity (Wildman–Crippen MR) is 162 cm³/mol. The molecule has 0 spiro atoms. The molecule has 0 aliphatic carbocycles. The third-order valence-electron chi connectivity index (χ3n) is 7.78. The normalized spacial score (nSPS) is 17.0. The maximum atomic E-state index is 14.1. The zero-order chi connectivity index (χ0) is 33.8. The van der Waals surface area contributed by atoms with Crippen LogP contribution in [0.4, 0.5) is 18.9 Å². The molecule has 3 amide bonds. The molecule has 11 nitrogen and oxygen atoms in total. The Kier molecular flexibility index (Phi) is 10.4. The first kappa shape index (κ1) is 34.0. The van der Waals surface area contributed by atoms with Crippen LogP contribution in [0.15, 0.2) is 65.6 Å². The van der Waals surface area contributed by atoms with Gasteiger partial charge in [0.25, 0.3) is 11.5 Å². The lowest BCUT2D eigenvalue weighted by Crippen LogP contribution is -2.42. The average Bonchev–Trinajstić information content (AvgIpc) is 3.33. The van der Waals surface area contributed by atoms with Crippen LogP contribution in [0.25, 0.3) is 0 Å². The van der Waals surface area contributed by atoms with Gasteiger partial charge < -0.3 is 29.3 Å². The van der Waals surface area contributed by atoms with Crippen molar-refractivity contribution in [3.05, 3.63) is 87.8 Å². The standard InChI is InChI=1S/C32H35F3N4O7/c1-19-14-15-38(26(18-44-4)30(42)37(2)3)31(43)27(19)39-17-25(20-6-10-22(45-5)11-7-20)24(29(39)41)16-36-28(40)21-8-12-23(13-9-21)46-32(33,34)35/h6-15,24-26H,16-18H2,1-5H3,(H,36,40)/t24?,25-,26?/m0/s1. The van der Waals surface area contributed by atoms with E-state index in [1.54, 1.807) is 51.4 Å². The first-order valence-electron chi connectivity index (χ1n) is 14.3. The molecule has 46 heavy (non-hydrogen) atoms. The van der Waals surface area contributed by atoms with E-state index >= 15 is 0 Å². The van der Waals surface area contributed by atoms with E-state index in [1.807, 2.05) is 0 Å². The second-order valence-corrected chi connectivity index (χ2v) is 11.0. The molecule has 0 saturated carbocycles. The van der Waals surface area contributed by atoms with E-state index in [0.29, 0.717) is 11.3 Å². The molecule has 1 aliphatic rings. The summed E-state index contributed by atoms with van der Waals surface area (Å²) in [6, 6.07) is 12.2. The molecular weight excluding hydrogens is 609 g/mol. The second-order valence-electron chi connectivity index (χ2n) is 11.0. The molecule has 3 aromatic rings. The molecule has 4 rings (SSSR count). The smallest absolute Gasteiger partial charge is 0.497 e. The number of amides is 3. The molecular formula is C32H35F3N4O7. The Balaban J connectivity index is 1.66. The van der Waals surface area contributed by atoms with Crippen LogP contribution in [0.1, 0.15) is 33.4 Å². The number of hydrogen-bond donors (Lipinski definition) is 1. The number of methoxy groups -OCH3 is 2. The Morgan fingerprint density at radius 3 is 2.20 bits per heavy atom.